The van der Waals surface area contributed by atoms with Crippen molar-refractivity contribution < 1.29 is 31.1 Å². The normalized spacial score (nSPS) is 20.4. The quantitative estimate of drug-likeness (QED) is 0.423. The predicted molar refractivity (Wildman–Crippen MR) is 101 cm³/mol. The first-order valence-corrected chi connectivity index (χ1v) is 9.65. The fourth-order valence-electron chi connectivity index (χ4n) is 3.85. The second-order valence-corrected chi connectivity index (χ2v) is 7.39. The smallest absolute Gasteiger partial charge is 0.372 e. The van der Waals surface area contributed by atoms with Crippen LogP contribution in [0.25, 0.3) is 0 Å². The summed E-state index contributed by atoms with van der Waals surface area (Å²) in [6.07, 6.45) is -9.01. The van der Waals surface area contributed by atoms with Crippen molar-refractivity contribution in [2.45, 2.75) is 43.9 Å². The van der Waals surface area contributed by atoms with Crippen molar-refractivity contribution in [2.24, 2.45) is 0 Å². The molecule has 31 heavy (non-hydrogen) atoms. The highest BCUT2D eigenvalue weighted by molar-refractivity contribution is 5.33. The Labute approximate surface area is 175 Å². The zero-order valence-corrected chi connectivity index (χ0v) is 16.4. The first-order chi connectivity index (χ1) is 14.6. The molecular weight excluding hydrogens is 422 g/mol. The number of alkyl halides is 6. The van der Waals surface area contributed by atoms with Crippen LogP contribution in [0.5, 0.6) is 0 Å². The van der Waals surface area contributed by atoms with Gasteiger partial charge in [0.25, 0.3) is 0 Å². The second-order valence-electron chi connectivity index (χ2n) is 7.39. The summed E-state index contributed by atoms with van der Waals surface area (Å²) in [5.41, 5.74) is -2.06. The van der Waals surface area contributed by atoms with E-state index in [4.69, 9.17) is 10.00 Å². The van der Waals surface area contributed by atoms with E-state index >= 15 is 0 Å². The van der Waals surface area contributed by atoms with Gasteiger partial charge in [-0.2, -0.15) is 31.6 Å². The lowest BCUT2D eigenvalue weighted by molar-refractivity contribution is -0.143. The fourth-order valence-corrected chi connectivity index (χ4v) is 3.85. The lowest BCUT2D eigenvalue weighted by Crippen LogP contribution is -2.43. The Morgan fingerprint density at radius 1 is 0.968 bits per heavy atom. The van der Waals surface area contributed by atoms with Crippen LogP contribution in [0.15, 0.2) is 48.5 Å². The summed E-state index contributed by atoms with van der Waals surface area (Å²) in [6, 6.07) is 12.5. The molecule has 2 unspecified atom stereocenters. The van der Waals surface area contributed by atoms with E-state index in [1.165, 1.54) is 0 Å². The summed E-state index contributed by atoms with van der Waals surface area (Å²) in [5.74, 6) is 0. The third kappa shape index (κ3) is 5.77. The molecule has 3 nitrogen and oxygen atoms in total. The molecule has 2 aromatic rings. The van der Waals surface area contributed by atoms with Crippen LogP contribution >= 0.6 is 0 Å². The van der Waals surface area contributed by atoms with E-state index in [1.54, 1.807) is 0 Å². The van der Waals surface area contributed by atoms with E-state index in [1.807, 2.05) is 35.2 Å². The van der Waals surface area contributed by atoms with Crippen molar-refractivity contribution in [1.82, 2.24) is 4.90 Å². The average molecular weight is 442 g/mol. The van der Waals surface area contributed by atoms with Gasteiger partial charge in [0, 0.05) is 0 Å². The lowest BCUT2D eigenvalue weighted by Gasteiger charge is -2.40. The Hall–Kier alpha value is -2.57. The lowest BCUT2D eigenvalue weighted by atomic mass is 9.92. The standard InChI is InChI=1S/C22H20F6N2O/c23-21(24,25)17-11-15(12-18(13-17)22(26,27)28)14-31-19-7-4-9-30(10-8-29)20(19)16-5-2-1-3-6-16/h1-3,5-6,11-13,19-20H,4,7,9-10,14H2. The van der Waals surface area contributed by atoms with Crippen LogP contribution < -0.4 is 0 Å². The Morgan fingerprint density at radius 2 is 1.58 bits per heavy atom. The van der Waals surface area contributed by atoms with Crippen LogP contribution in [0.1, 0.15) is 41.1 Å². The van der Waals surface area contributed by atoms with Gasteiger partial charge in [-0.05, 0) is 48.7 Å². The van der Waals surface area contributed by atoms with Gasteiger partial charge in [0.15, 0.2) is 0 Å². The Balaban J connectivity index is 1.87. The fraction of sp³-hybridized carbons (Fsp3) is 0.409. The number of piperidine rings is 1. The third-order valence-corrected chi connectivity index (χ3v) is 5.21. The number of hydrogen-bond acceptors (Lipinski definition) is 3. The Morgan fingerprint density at radius 3 is 2.13 bits per heavy atom. The zero-order valence-electron chi connectivity index (χ0n) is 16.4. The number of likely N-dealkylation sites (tertiary alicyclic amines) is 1. The van der Waals surface area contributed by atoms with Crippen molar-refractivity contribution in [3.63, 3.8) is 0 Å². The summed E-state index contributed by atoms with van der Waals surface area (Å²) >= 11 is 0. The highest BCUT2D eigenvalue weighted by atomic mass is 19.4. The van der Waals surface area contributed by atoms with Gasteiger partial charge in [-0.25, -0.2) is 0 Å². The van der Waals surface area contributed by atoms with E-state index in [-0.39, 0.29) is 24.2 Å². The summed E-state index contributed by atoms with van der Waals surface area (Å²) in [4.78, 5) is 1.91. The highest BCUT2D eigenvalue weighted by Crippen LogP contribution is 2.37. The molecule has 1 heterocycles. The van der Waals surface area contributed by atoms with Crippen LogP contribution in [0.4, 0.5) is 26.3 Å². The van der Waals surface area contributed by atoms with Gasteiger partial charge >= 0.3 is 12.4 Å². The number of benzene rings is 2. The molecule has 9 heteroatoms. The highest BCUT2D eigenvalue weighted by Gasteiger charge is 2.37. The summed E-state index contributed by atoms with van der Waals surface area (Å²) in [6.45, 7) is 0.386. The van der Waals surface area contributed by atoms with Crippen molar-refractivity contribution >= 4 is 0 Å². The first kappa shape index (κ1) is 23.1. The molecule has 166 valence electrons. The summed E-state index contributed by atoms with van der Waals surface area (Å²) in [7, 11) is 0. The molecule has 2 atom stereocenters. The maximum absolute atomic E-state index is 13.1. The number of nitrogens with zero attached hydrogens (tertiary/aromatic N) is 2. The van der Waals surface area contributed by atoms with Crippen LogP contribution in [0.3, 0.4) is 0 Å². The van der Waals surface area contributed by atoms with Gasteiger partial charge in [-0.3, -0.25) is 4.90 Å². The monoisotopic (exact) mass is 442 g/mol. The minimum atomic E-state index is -4.91. The minimum absolute atomic E-state index is 0.103. The molecule has 1 saturated heterocycles. The molecule has 1 fully saturated rings. The Bertz CT molecular complexity index is 888. The molecule has 1 aliphatic rings. The molecule has 0 aliphatic carbocycles. The topological polar surface area (TPSA) is 36.3 Å². The molecule has 0 spiro atoms. The first-order valence-electron chi connectivity index (χ1n) is 9.65. The van der Waals surface area contributed by atoms with Crippen molar-refractivity contribution in [2.75, 3.05) is 13.1 Å². The largest absolute Gasteiger partial charge is 0.416 e. The molecule has 0 radical (unpaired) electrons. The van der Waals surface area contributed by atoms with Crippen molar-refractivity contribution in [3.8, 4) is 6.07 Å². The van der Waals surface area contributed by atoms with Crippen molar-refractivity contribution in [1.29, 1.82) is 5.26 Å². The summed E-state index contributed by atoms with van der Waals surface area (Å²) < 4.78 is 84.5. The molecule has 0 amide bonds. The van der Waals surface area contributed by atoms with E-state index in [0.29, 0.717) is 31.5 Å². The number of halogens is 6. The molecule has 2 aromatic carbocycles. The molecule has 0 saturated carbocycles. The average Bonchev–Trinajstić information content (AvgIpc) is 2.72. The van der Waals surface area contributed by atoms with E-state index < -0.39 is 36.2 Å². The van der Waals surface area contributed by atoms with Gasteiger partial charge in [-0.1, -0.05) is 30.3 Å². The molecule has 0 aromatic heterocycles. The van der Waals surface area contributed by atoms with E-state index in [9.17, 15) is 26.3 Å². The third-order valence-electron chi connectivity index (χ3n) is 5.21. The summed E-state index contributed by atoms with van der Waals surface area (Å²) in [5, 5.41) is 9.15. The number of rotatable bonds is 5. The van der Waals surface area contributed by atoms with Crippen LogP contribution in [-0.4, -0.2) is 24.1 Å². The molecule has 1 aliphatic heterocycles. The minimum Gasteiger partial charge on any atom is -0.372 e. The van der Waals surface area contributed by atoms with Crippen LogP contribution in [0, 0.1) is 11.3 Å². The second kappa shape index (κ2) is 9.28. The van der Waals surface area contributed by atoms with Crippen LogP contribution in [0.2, 0.25) is 0 Å². The van der Waals surface area contributed by atoms with Crippen molar-refractivity contribution in [3.05, 3.63) is 70.8 Å². The van der Waals surface area contributed by atoms with Gasteiger partial charge in [0.05, 0.1) is 42.5 Å². The molecular formula is C22H20F6N2O. The molecule has 3 rings (SSSR count). The SMILES string of the molecule is N#CCN1CCCC(OCc2cc(C(F)(F)F)cc(C(F)(F)F)c2)C1c1ccccc1. The van der Waals surface area contributed by atoms with Gasteiger partial charge in [0.2, 0.25) is 0 Å². The molecule has 0 N–H and O–H groups in total. The van der Waals surface area contributed by atoms with E-state index in [0.717, 1.165) is 5.56 Å². The number of ether oxygens (including phenoxy) is 1. The number of nitriles is 1. The van der Waals surface area contributed by atoms with Gasteiger partial charge in [-0.15, -0.1) is 0 Å². The predicted octanol–water partition coefficient (Wildman–Crippen LogP) is 5.97. The Kier molecular flexibility index (Phi) is 6.92. The van der Waals surface area contributed by atoms with Crippen LogP contribution in [-0.2, 0) is 23.7 Å². The molecule has 0 bridgehead atoms. The van der Waals surface area contributed by atoms with Gasteiger partial charge < -0.3 is 4.74 Å². The van der Waals surface area contributed by atoms with E-state index in [2.05, 4.69) is 6.07 Å². The maximum atomic E-state index is 13.1. The zero-order chi connectivity index (χ0) is 22.6. The number of hydrogen-bond donors (Lipinski definition) is 0. The maximum Gasteiger partial charge on any atom is 0.416 e. The van der Waals surface area contributed by atoms with Gasteiger partial charge in [0.1, 0.15) is 0 Å².